The van der Waals surface area contributed by atoms with Gasteiger partial charge in [0.2, 0.25) is 5.88 Å². The van der Waals surface area contributed by atoms with Crippen LogP contribution in [0.3, 0.4) is 0 Å². The smallest absolute Gasteiger partial charge is 0.335 e. The lowest BCUT2D eigenvalue weighted by Gasteiger charge is -2.26. The Balaban J connectivity index is 1.16. The summed E-state index contributed by atoms with van der Waals surface area (Å²) in [5.41, 5.74) is 5.60. The molecule has 0 aliphatic carbocycles. The molecular weight excluding hydrogens is 418 g/mol. The van der Waals surface area contributed by atoms with Crippen LogP contribution in [0.2, 0.25) is 0 Å². The molecule has 2 aliphatic heterocycles. The Morgan fingerprint density at radius 2 is 1.88 bits per heavy atom. The van der Waals surface area contributed by atoms with Crippen molar-refractivity contribution >= 4 is 11.7 Å². The first-order chi connectivity index (χ1) is 16.2. The number of aryl methyl sites for hydroxylation is 1. The molecule has 1 aromatic heterocycles. The highest BCUT2D eigenvalue weighted by Crippen LogP contribution is 2.37. The minimum absolute atomic E-state index is 0.0646. The van der Waals surface area contributed by atoms with Gasteiger partial charge in [-0.3, -0.25) is 0 Å². The number of hydrogen-bond donors (Lipinski definition) is 2. The van der Waals surface area contributed by atoms with Gasteiger partial charge in [0.15, 0.2) is 0 Å². The normalized spacial score (nSPS) is 18.0. The molecule has 7 nitrogen and oxygen atoms in total. The summed E-state index contributed by atoms with van der Waals surface area (Å²) < 4.78 is 12.1. The molecule has 2 N–H and O–H groups in total. The van der Waals surface area contributed by atoms with E-state index in [2.05, 4.69) is 27.9 Å². The van der Waals surface area contributed by atoms with Crippen molar-refractivity contribution in [3.05, 3.63) is 78.0 Å². The van der Waals surface area contributed by atoms with Gasteiger partial charge in [-0.05, 0) is 74.2 Å². The average molecular weight is 446 g/mol. The molecular formula is C26H27N3O4. The number of fused-ring (bicyclic) bond motifs is 1. The quantitative estimate of drug-likeness (QED) is 0.527. The van der Waals surface area contributed by atoms with Crippen LogP contribution in [-0.4, -0.2) is 24.0 Å². The fourth-order valence-corrected chi connectivity index (χ4v) is 4.20. The number of benzene rings is 2. The van der Waals surface area contributed by atoms with E-state index in [-0.39, 0.29) is 18.0 Å². The molecule has 3 heterocycles. The van der Waals surface area contributed by atoms with E-state index >= 15 is 0 Å². The second-order valence-corrected chi connectivity index (χ2v) is 8.36. The van der Waals surface area contributed by atoms with Crippen LogP contribution in [0.15, 0.2) is 66.9 Å². The van der Waals surface area contributed by atoms with Crippen LogP contribution in [0.25, 0.3) is 0 Å². The lowest BCUT2D eigenvalue weighted by Crippen LogP contribution is -2.33. The second kappa shape index (κ2) is 9.92. The van der Waals surface area contributed by atoms with Gasteiger partial charge in [-0.2, -0.15) is 0 Å². The molecule has 2 aromatic carbocycles. The predicted octanol–water partition coefficient (Wildman–Crippen LogP) is 4.81. The van der Waals surface area contributed by atoms with E-state index < -0.39 is 0 Å². The minimum atomic E-state index is -0.234. The van der Waals surface area contributed by atoms with Crippen LogP contribution in [0.1, 0.15) is 36.5 Å². The van der Waals surface area contributed by atoms with E-state index in [1.165, 1.54) is 5.56 Å². The molecule has 1 atom stereocenters. The fraction of sp³-hybridized carbons (Fsp3) is 0.308. The van der Waals surface area contributed by atoms with E-state index in [1.807, 2.05) is 36.4 Å². The maximum atomic E-state index is 12.1. The van der Waals surface area contributed by atoms with E-state index in [1.54, 1.807) is 18.3 Å². The summed E-state index contributed by atoms with van der Waals surface area (Å²) in [7, 11) is 0. The zero-order chi connectivity index (χ0) is 22.5. The van der Waals surface area contributed by atoms with Crippen molar-refractivity contribution < 1.29 is 19.1 Å². The Labute approximate surface area is 193 Å². The van der Waals surface area contributed by atoms with Gasteiger partial charge in [0.05, 0.1) is 17.8 Å². The van der Waals surface area contributed by atoms with Gasteiger partial charge in [0, 0.05) is 6.07 Å². The minimum Gasteiger partial charge on any atom is -0.485 e. The van der Waals surface area contributed by atoms with Crippen molar-refractivity contribution in [1.29, 1.82) is 0 Å². The van der Waals surface area contributed by atoms with Gasteiger partial charge in [0.25, 0.3) is 0 Å². The molecule has 1 fully saturated rings. The van der Waals surface area contributed by atoms with E-state index in [9.17, 15) is 4.79 Å². The van der Waals surface area contributed by atoms with Crippen molar-refractivity contribution in [3.63, 3.8) is 0 Å². The number of nitrogens with zero attached hydrogens (tertiary/aromatic N) is 1. The van der Waals surface area contributed by atoms with Crippen LogP contribution in [-0.2, 0) is 16.1 Å². The van der Waals surface area contributed by atoms with Gasteiger partial charge in [-0.1, -0.05) is 30.3 Å². The number of carbonyl (C=O) groups excluding carboxylic acids is 1. The first-order valence-electron chi connectivity index (χ1n) is 11.4. The van der Waals surface area contributed by atoms with Crippen molar-refractivity contribution in [2.24, 2.45) is 5.92 Å². The number of rotatable bonds is 6. The van der Waals surface area contributed by atoms with Gasteiger partial charge >= 0.3 is 5.97 Å². The highest BCUT2D eigenvalue weighted by atomic mass is 16.7. The van der Waals surface area contributed by atoms with Crippen LogP contribution in [0.4, 0.5) is 5.69 Å². The van der Waals surface area contributed by atoms with Gasteiger partial charge in [0.1, 0.15) is 17.6 Å². The third kappa shape index (κ3) is 5.26. The lowest BCUT2D eigenvalue weighted by atomic mass is 9.97. The average Bonchev–Trinajstić information content (AvgIpc) is 2.89. The maximum Gasteiger partial charge on any atom is 0.335 e. The maximum absolute atomic E-state index is 12.1. The monoisotopic (exact) mass is 445 g/mol. The van der Waals surface area contributed by atoms with E-state index in [0.717, 1.165) is 50.1 Å². The molecule has 33 heavy (non-hydrogen) atoms. The third-order valence-corrected chi connectivity index (χ3v) is 6.05. The molecule has 0 radical (unpaired) electrons. The largest absolute Gasteiger partial charge is 0.485 e. The zero-order valence-corrected chi connectivity index (χ0v) is 18.3. The fourth-order valence-electron chi connectivity index (χ4n) is 4.20. The van der Waals surface area contributed by atoms with Gasteiger partial charge in [-0.25, -0.2) is 15.3 Å². The molecule has 3 aromatic rings. The topological polar surface area (TPSA) is 81.7 Å². The van der Waals surface area contributed by atoms with Crippen LogP contribution >= 0.6 is 0 Å². The Morgan fingerprint density at radius 1 is 1.03 bits per heavy atom. The first kappa shape index (κ1) is 21.3. The molecule has 170 valence electrons. The molecule has 0 spiro atoms. The second-order valence-electron chi connectivity index (χ2n) is 8.36. The molecule has 0 amide bonds. The van der Waals surface area contributed by atoms with Crippen LogP contribution in [0, 0.1) is 5.92 Å². The van der Waals surface area contributed by atoms with Crippen molar-refractivity contribution in [3.8, 4) is 17.4 Å². The summed E-state index contributed by atoms with van der Waals surface area (Å²) in [6, 6.07) is 19.7. The summed E-state index contributed by atoms with van der Waals surface area (Å²) >= 11 is 0. The lowest BCUT2D eigenvalue weighted by molar-refractivity contribution is -0.146. The number of nitrogens with one attached hydrogen (secondary N) is 2. The molecule has 7 heteroatoms. The van der Waals surface area contributed by atoms with E-state index in [4.69, 9.17) is 14.3 Å². The van der Waals surface area contributed by atoms with Crippen molar-refractivity contribution in [1.82, 2.24) is 10.3 Å². The summed E-state index contributed by atoms with van der Waals surface area (Å²) in [5.74, 6) is 1.77. The van der Waals surface area contributed by atoms with Gasteiger partial charge in [-0.15, -0.1) is 0 Å². The molecule has 0 bridgehead atoms. The van der Waals surface area contributed by atoms with Crippen molar-refractivity contribution in [2.45, 2.75) is 31.8 Å². The number of aromatic nitrogens is 1. The predicted molar refractivity (Wildman–Crippen MR) is 124 cm³/mol. The Hall–Kier alpha value is -3.58. The van der Waals surface area contributed by atoms with Crippen molar-refractivity contribution in [2.75, 3.05) is 18.6 Å². The number of pyridine rings is 1. The highest BCUT2D eigenvalue weighted by molar-refractivity contribution is 5.73. The number of anilines is 1. The number of piperidine rings is 1. The SMILES string of the molecule is O=C(ONc1ccc(Oc2ccc3c(c2)CCC(c2ccccc2)O3)nc1)C1CCNCC1. The van der Waals surface area contributed by atoms with Crippen LogP contribution < -0.4 is 20.3 Å². The van der Waals surface area contributed by atoms with Crippen LogP contribution in [0.5, 0.6) is 17.4 Å². The third-order valence-electron chi connectivity index (χ3n) is 6.05. The molecule has 0 saturated carbocycles. The Bertz CT molecular complexity index is 1080. The number of hydrogen-bond acceptors (Lipinski definition) is 7. The molecule has 2 aliphatic rings. The Morgan fingerprint density at radius 3 is 2.67 bits per heavy atom. The summed E-state index contributed by atoms with van der Waals surface area (Å²) in [6.07, 6.45) is 5.10. The Kier molecular flexibility index (Phi) is 6.39. The zero-order valence-electron chi connectivity index (χ0n) is 18.3. The summed E-state index contributed by atoms with van der Waals surface area (Å²) in [5, 5.41) is 3.24. The summed E-state index contributed by atoms with van der Waals surface area (Å²) in [4.78, 5) is 21.7. The van der Waals surface area contributed by atoms with Gasteiger partial charge < -0.3 is 19.6 Å². The highest BCUT2D eigenvalue weighted by Gasteiger charge is 2.23. The first-order valence-corrected chi connectivity index (χ1v) is 11.4. The standard InChI is InChI=1S/C26H27N3O4/c30-26(19-12-14-27-15-13-19)33-29-21-7-11-25(28-17-21)31-22-8-10-24-20(16-22)6-9-23(32-24)18-4-2-1-3-5-18/h1-5,7-8,10-11,16-17,19,23,27,29H,6,9,12-15H2. The number of ether oxygens (including phenoxy) is 2. The molecule has 1 saturated heterocycles. The molecule has 5 rings (SSSR count). The summed E-state index contributed by atoms with van der Waals surface area (Å²) in [6.45, 7) is 1.69. The molecule has 1 unspecified atom stereocenters. The van der Waals surface area contributed by atoms with E-state index in [0.29, 0.717) is 17.3 Å². The number of carbonyl (C=O) groups is 1.